The minimum absolute atomic E-state index is 0.403. The molecule has 0 spiro atoms. The van der Waals surface area contributed by atoms with Crippen LogP contribution in [0.1, 0.15) is 12.5 Å². The van der Waals surface area contributed by atoms with Gasteiger partial charge in [0.2, 0.25) is 7.29 Å². The fraction of sp³-hybridized carbons (Fsp3) is 0.125. The van der Waals surface area contributed by atoms with E-state index in [4.69, 9.17) is 4.74 Å². The zero-order chi connectivity index (χ0) is 21.2. The van der Waals surface area contributed by atoms with Crippen molar-refractivity contribution in [3.63, 3.8) is 0 Å². The van der Waals surface area contributed by atoms with Gasteiger partial charge in [0, 0.05) is 21.2 Å². The molecular weight excluding hydrogens is 461 g/mol. The molecule has 3 aromatic carbocycles. The van der Waals surface area contributed by atoms with Crippen LogP contribution in [0.15, 0.2) is 102 Å². The predicted octanol–water partition coefficient (Wildman–Crippen LogP) is 4.66. The Hall–Kier alpha value is -2.46. The Morgan fingerprint density at radius 1 is 0.900 bits per heavy atom. The van der Waals surface area contributed by atoms with Crippen LogP contribution in [-0.4, -0.2) is 12.1 Å². The molecule has 0 saturated carbocycles. The summed E-state index contributed by atoms with van der Waals surface area (Å²) >= 11 is 3.47. The highest BCUT2D eigenvalue weighted by Crippen LogP contribution is 2.46. The number of benzene rings is 3. The van der Waals surface area contributed by atoms with Crippen LogP contribution in [0.25, 0.3) is 0 Å². The Morgan fingerprint density at radius 3 is 1.90 bits per heavy atom. The Morgan fingerprint density at radius 2 is 1.43 bits per heavy atom. The fourth-order valence-electron chi connectivity index (χ4n) is 3.65. The minimum atomic E-state index is -3.28. The first-order valence-electron chi connectivity index (χ1n) is 9.57. The average Bonchev–Trinajstić information content (AvgIpc) is 3.22. The molecule has 0 radical (unpaired) electrons. The van der Waals surface area contributed by atoms with E-state index in [1.54, 1.807) is 6.08 Å². The van der Waals surface area contributed by atoms with Crippen molar-refractivity contribution in [2.24, 2.45) is 0 Å². The molecule has 4 rings (SSSR count). The van der Waals surface area contributed by atoms with Gasteiger partial charge in [-0.2, -0.15) is 0 Å². The molecule has 1 aliphatic rings. The van der Waals surface area contributed by atoms with Crippen molar-refractivity contribution in [3.05, 3.63) is 107 Å². The minimum Gasteiger partial charge on any atom is -0.453 e. The molecule has 30 heavy (non-hydrogen) atoms. The van der Waals surface area contributed by atoms with Gasteiger partial charge in [0.25, 0.3) is 0 Å². The lowest BCUT2D eigenvalue weighted by atomic mass is 9.87. The lowest BCUT2D eigenvalue weighted by Crippen LogP contribution is -2.50. The van der Waals surface area contributed by atoms with Crippen LogP contribution >= 0.6 is 23.2 Å². The standard InChI is InChI=1S/C24H21BrNO3P/c1-24(22-16-17-23(27)29-22,18-12-14-19(25)15-13-18)26-30(28,20-8-4-2-5-9-20)21-10-6-3-7-11-21/h2-17,22H,1H3,(H,26,28)/t22?,24-/m0/s1. The Labute approximate surface area is 184 Å². The highest BCUT2D eigenvalue weighted by Gasteiger charge is 2.45. The number of esters is 1. The molecule has 3 aromatic rings. The van der Waals surface area contributed by atoms with Gasteiger partial charge >= 0.3 is 5.97 Å². The molecule has 1 heterocycles. The summed E-state index contributed by atoms with van der Waals surface area (Å²) in [6, 6.07) is 26.5. The number of ether oxygens (including phenoxy) is 1. The summed E-state index contributed by atoms with van der Waals surface area (Å²) in [5, 5.41) is 4.83. The molecule has 1 unspecified atom stereocenters. The van der Waals surface area contributed by atoms with Crippen LogP contribution in [0, 0.1) is 0 Å². The van der Waals surface area contributed by atoms with E-state index in [0.29, 0.717) is 10.6 Å². The molecule has 0 fully saturated rings. The number of nitrogens with one attached hydrogen (secondary N) is 1. The Kier molecular flexibility index (Phi) is 5.79. The second-order valence-electron chi connectivity index (χ2n) is 7.32. The van der Waals surface area contributed by atoms with Crippen molar-refractivity contribution in [1.82, 2.24) is 5.09 Å². The smallest absolute Gasteiger partial charge is 0.331 e. The second kappa shape index (κ2) is 8.35. The first kappa shape index (κ1) is 20.8. The highest BCUT2D eigenvalue weighted by molar-refractivity contribution is 9.10. The third-order valence-corrected chi connectivity index (χ3v) is 8.65. The summed E-state index contributed by atoms with van der Waals surface area (Å²) < 4.78 is 21.1. The maximum Gasteiger partial charge on any atom is 0.331 e. The Bertz CT molecular complexity index is 1070. The summed E-state index contributed by atoms with van der Waals surface area (Å²) in [5.41, 5.74) is -0.0629. The molecule has 0 aromatic heterocycles. The van der Waals surface area contributed by atoms with Crippen LogP contribution in [0.5, 0.6) is 0 Å². The van der Waals surface area contributed by atoms with Crippen LogP contribution in [0.4, 0.5) is 0 Å². The van der Waals surface area contributed by atoms with Gasteiger partial charge in [0.05, 0.1) is 5.54 Å². The van der Waals surface area contributed by atoms with E-state index in [2.05, 4.69) is 21.0 Å². The third kappa shape index (κ3) is 3.93. The van der Waals surface area contributed by atoms with Crippen molar-refractivity contribution in [3.8, 4) is 0 Å². The van der Waals surface area contributed by atoms with Crippen molar-refractivity contribution in [2.45, 2.75) is 18.6 Å². The van der Waals surface area contributed by atoms with Crippen LogP contribution in [0.3, 0.4) is 0 Å². The first-order valence-corrected chi connectivity index (χ1v) is 12.1. The summed E-state index contributed by atoms with van der Waals surface area (Å²) in [7, 11) is -3.28. The van der Waals surface area contributed by atoms with E-state index in [9.17, 15) is 9.36 Å². The van der Waals surface area contributed by atoms with Crippen molar-refractivity contribution >= 4 is 39.8 Å². The molecule has 152 valence electrons. The van der Waals surface area contributed by atoms with E-state index < -0.39 is 24.9 Å². The number of halogens is 1. The zero-order valence-corrected chi connectivity index (χ0v) is 18.8. The molecule has 0 bridgehead atoms. The number of carbonyl (C=O) groups excluding carboxylic acids is 1. The molecule has 0 amide bonds. The number of rotatable bonds is 6. The highest BCUT2D eigenvalue weighted by atomic mass is 79.9. The molecule has 1 N–H and O–H groups in total. The van der Waals surface area contributed by atoms with Gasteiger partial charge in [0.1, 0.15) is 6.10 Å². The van der Waals surface area contributed by atoms with Crippen LogP contribution in [0.2, 0.25) is 0 Å². The SMILES string of the molecule is C[C@](NP(=O)(c1ccccc1)c1ccccc1)(c1ccc(Br)cc1)C1C=CC(=O)O1. The molecule has 4 nitrogen and oxygen atoms in total. The lowest BCUT2D eigenvalue weighted by molar-refractivity contribution is -0.141. The number of carbonyl (C=O) groups is 1. The van der Waals surface area contributed by atoms with Gasteiger partial charge in [-0.3, -0.25) is 4.57 Å². The van der Waals surface area contributed by atoms with Crippen LogP contribution < -0.4 is 15.7 Å². The molecule has 0 saturated heterocycles. The van der Waals surface area contributed by atoms with E-state index in [1.165, 1.54) is 6.08 Å². The van der Waals surface area contributed by atoms with E-state index >= 15 is 0 Å². The van der Waals surface area contributed by atoms with Gasteiger partial charge in [-0.25, -0.2) is 9.88 Å². The predicted molar refractivity (Wildman–Crippen MR) is 123 cm³/mol. The summed E-state index contributed by atoms with van der Waals surface area (Å²) in [4.78, 5) is 11.9. The van der Waals surface area contributed by atoms with Crippen molar-refractivity contribution in [2.75, 3.05) is 0 Å². The normalized spacial score (nSPS) is 18.1. The zero-order valence-electron chi connectivity index (χ0n) is 16.4. The largest absolute Gasteiger partial charge is 0.453 e. The van der Waals surface area contributed by atoms with Crippen molar-refractivity contribution < 1.29 is 14.1 Å². The molecule has 6 heteroatoms. The number of cyclic esters (lactones) is 1. The lowest BCUT2D eigenvalue weighted by Gasteiger charge is -2.39. The van der Waals surface area contributed by atoms with E-state index in [-0.39, 0.29) is 0 Å². The molecule has 2 atom stereocenters. The van der Waals surface area contributed by atoms with Gasteiger partial charge in [-0.15, -0.1) is 0 Å². The third-order valence-electron chi connectivity index (χ3n) is 5.29. The Balaban J connectivity index is 1.87. The number of hydrogen-bond acceptors (Lipinski definition) is 3. The quantitative estimate of drug-likeness (QED) is 0.410. The summed E-state index contributed by atoms with van der Waals surface area (Å²) in [6.45, 7) is 1.92. The van der Waals surface area contributed by atoms with Gasteiger partial charge < -0.3 is 4.74 Å². The summed E-state index contributed by atoms with van der Waals surface area (Å²) in [6.07, 6.45) is 2.53. The second-order valence-corrected chi connectivity index (χ2v) is 10.7. The van der Waals surface area contributed by atoms with Gasteiger partial charge in [0.15, 0.2) is 0 Å². The molecule has 1 aliphatic heterocycles. The molecule has 0 aliphatic carbocycles. The monoisotopic (exact) mass is 481 g/mol. The number of hydrogen-bond donors (Lipinski definition) is 1. The molecular formula is C24H21BrNO3P. The maximum absolute atomic E-state index is 14.6. The van der Waals surface area contributed by atoms with Gasteiger partial charge in [-0.05, 0) is 55.0 Å². The van der Waals surface area contributed by atoms with Crippen LogP contribution in [-0.2, 0) is 19.6 Å². The van der Waals surface area contributed by atoms with Crippen molar-refractivity contribution in [1.29, 1.82) is 0 Å². The topological polar surface area (TPSA) is 55.4 Å². The summed E-state index contributed by atoms with van der Waals surface area (Å²) in [5.74, 6) is -0.403. The van der Waals surface area contributed by atoms with E-state index in [1.807, 2.05) is 91.9 Å². The van der Waals surface area contributed by atoms with E-state index in [0.717, 1.165) is 10.0 Å². The average molecular weight is 482 g/mol. The maximum atomic E-state index is 14.6. The first-order chi connectivity index (χ1) is 14.4. The van der Waals surface area contributed by atoms with Gasteiger partial charge in [-0.1, -0.05) is 64.5 Å². The fourth-order valence-corrected chi connectivity index (χ4v) is 6.56.